The Labute approximate surface area is 142 Å². The average Bonchev–Trinajstić information content (AvgIpc) is 2.55. The molecular formula is C17H17F3N2O3. The van der Waals surface area contributed by atoms with Gasteiger partial charge < -0.3 is 15.0 Å². The lowest BCUT2D eigenvalue weighted by molar-refractivity contribution is -0.192. The highest BCUT2D eigenvalue weighted by atomic mass is 19.4. The monoisotopic (exact) mass is 354 g/mol. The van der Waals surface area contributed by atoms with E-state index >= 15 is 0 Å². The van der Waals surface area contributed by atoms with Gasteiger partial charge in [-0.25, -0.2) is 0 Å². The van der Waals surface area contributed by atoms with Crippen LogP contribution in [0.4, 0.5) is 13.2 Å². The van der Waals surface area contributed by atoms with E-state index in [0.29, 0.717) is 6.54 Å². The van der Waals surface area contributed by atoms with Crippen molar-refractivity contribution in [2.45, 2.75) is 43.1 Å². The minimum atomic E-state index is -4.50. The number of morpholine rings is 1. The highest BCUT2D eigenvalue weighted by Gasteiger charge is 2.52. The van der Waals surface area contributed by atoms with E-state index in [0.717, 1.165) is 31.4 Å². The van der Waals surface area contributed by atoms with Gasteiger partial charge in [-0.05, 0) is 37.0 Å². The summed E-state index contributed by atoms with van der Waals surface area (Å²) < 4.78 is 44.6. The van der Waals surface area contributed by atoms with Crippen molar-refractivity contribution in [2.24, 2.45) is 0 Å². The molecule has 2 saturated heterocycles. The number of hydrogen-bond donors (Lipinski definition) is 1. The highest BCUT2D eigenvalue weighted by molar-refractivity contribution is 5.97. The summed E-state index contributed by atoms with van der Waals surface area (Å²) in [6.45, 7) is 0.451. The number of nitrogens with one attached hydrogen (secondary N) is 1. The molecule has 0 bridgehead atoms. The molecule has 2 aliphatic heterocycles. The lowest BCUT2D eigenvalue weighted by Crippen LogP contribution is -2.69. The average molecular weight is 354 g/mol. The van der Waals surface area contributed by atoms with Crippen LogP contribution in [0.1, 0.15) is 36.4 Å². The van der Waals surface area contributed by atoms with E-state index in [9.17, 15) is 22.8 Å². The topological polar surface area (TPSA) is 58.6 Å². The number of rotatable bonds is 1. The minimum Gasteiger partial charge on any atom is -0.370 e. The Hall–Kier alpha value is -2.09. The predicted octanol–water partition coefficient (Wildman–Crippen LogP) is 2.03. The van der Waals surface area contributed by atoms with Crippen LogP contribution in [0, 0.1) is 0 Å². The van der Waals surface area contributed by atoms with Crippen molar-refractivity contribution >= 4 is 11.8 Å². The molecule has 2 atom stereocenters. The summed E-state index contributed by atoms with van der Waals surface area (Å²) >= 11 is 0. The predicted molar refractivity (Wildman–Crippen MR) is 80.4 cm³/mol. The number of alkyl halides is 3. The lowest BCUT2D eigenvalue weighted by atomic mass is 9.77. The van der Waals surface area contributed by atoms with Crippen molar-refractivity contribution in [3.05, 3.63) is 35.4 Å². The molecule has 1 N–H and O–H groups in total. The zero-order chi connectivity index (χ0) is 17.8. The normalized spacial score (nSPS) is 28.4. The fourth-order valence-electron chi connectivity index (χ4n) is 3.72. The molecule has 4 rings (SSSR count). The van der Waals surface area contributed by atoms with E-state index in [2.05, 4.69) is 5.32 Å². The van der Waals surface area contributed by atoms with Gasteiger partial charge in [-0.2, -0.15) is 13.2 Å². The number of carbonyl (C=O) groups excluding carboxylic acids is 2. The fourth-order valence-corrected chi connectivity index (χ4v) is 3.72. The Bertz CT molecular complexity index is 730. The maximum Gasteiger partial charge on any atom is 0.416 e. The number of hydrogen-bond acceptors (Lipinski definition) is 3. The Morgan fingerprint density at radius 1 is 1.24 bits per heavy atom. The van der Waals surface area contributed by atoms with Crippen LogP contribution < -0.4 is 5.32 Å². The Morgan fingerprint density at radius 2 is 2.00 bits per heavy atom. The molecule has 5 nitrogen and oxygen atoms in total. The van der Waals surface area contributed by atoms with Crippen LogP contribution >= 0.6 is 0 Å². The van der Waals surface area contributed by atoms with E-state index in [4.69, 9.17) is 4.74 Å². The second kappa shape index (κ2) is 5.45. The molecule has 1 aromatic carbocycles. The summed E-state index contributed by atoms with van der Waals surface area (Å²) in [5, 5.41) is 2.55. The van der Waals surface area contributed by atoms with Gasteiger partial charge >= 0.3 is 6.18 Å². The van der Waals surface area contributed by atoms with Crippen LogP contribution in [0.25, 0.3) is 0 Å². The third-order valence-corrected chi connectivity index (χ3v) is 5.31. The molecular weight excluding hydrogens is 337 g/mol. The Morgan fingerprint density at radius 3 is 2.64 bits per heavy atom. The largest absolute Gasteiger partial charge is 0.416 e. The van der Waals surface area contributed by atoms with Gasteiger partial charge in [0.25, 0.3) is 5.91 Å². The molecule has 1 spiro atoms. The quantitative estimate of drug-likeness (QED) is 0.840. The number of fused-ring (bicyclic) bond motifs is 1. The molecule has 3 aliphatic rings. The Balaban J connectivity index is 1.63. The molecule has 2 heterocycles. The molecule has 2 amide bonds. The van der Waals surface area contributed by atoms with Crippen molar-refractivity contribution in [3.8, 4) is 0 Å². The summed E-state index contributed by atoms with van der Waals surface area (Å²) in [5.41, 5.74) is -1.09. The lowest BCUT2D eigenvalue weighted by Gasteiger charge is -2.53. The van der Waals surface area contributed by atoms with E-state index in [1.807, 2.05) is 0 Å². The molecule has 25 heavy (non-hydrogen) atoms. The Kier molecular flexibility index (Phi) is 3.57. The minimum absolute atomic E-state index is 0.132. The van der Waals surface area contributed by atoms with Gasteiger partial charge in [-0.3, -0.25) is 9.59 Å². The first-order valence-electron chi connectivity index (χ1n) is 8.21. The van der Waals surface area contributed by atoms with Crippen molar-refractivity contribution < 1.29 is 27.5 Å². The van der Waals surface area contributed by atoms with Crippen LogP contribution in [0.5, 0.6) is 0 Å². The molecule has 2 unspecified atom stereocenters. The molecule has 3 fully saturated rings. The number of ether oxygens (including phenoxy) is 1. The van der Waals surface area contributed by atoms with Gasteiger partial charge in [0.2, 0.25) is 5.91 Å². The third-order valence-electron chi connectivity index (χ3n) is 5.31. The first-order chi connectivity index (χ1) is 11.8. The molecule has 1 saturated carbocycles. The van der Waals surface area contributed by atoms with Crippen LogP contribution in [-0.2, 0) is 20.5 Å². The third kappa shape index (κ3) is 2.68. The second-order valence-corrected chi connectivity index (χ2v) is 6.89. The van der Waals surface area contributed by atoms with Crippen molar-refractivity contribution in [2.75, 3.05) is 13.2 Å². The first-order valence-corrected chi connectivity index (χ1v) is 8.21. The zero-order valence-corrected chi connectivity index (χ0v) is 13.3. The van der Waals surface area contributed by atoms with Gasteiger partial charge in [0.1, 0.15) is 12.1 Å². The SMILES string of the molecule is O=C1NC(c2cccc(C(F)(F)F)c2)C(=O)N2CC3(CCC3)OCC12. The second-order valence-electron chi connectivity index (χ2n) is 6.89. The number of benzene rings is 1. The van der Waals surface area contributed by atoms with Crippen molar-refractivity contribution in [1.82, 2.24) is 10.2 Å². The summed E-state index contributed by atoms with van der Waals surface area (Å²) in [7, 11) is 0. The van der Waals surface area contributed by atoms with Crippen LogP contribution in [-0.4, -0.2) is 41.5 Å². The van der Waals surface area contributed by atoms with Crippen molar-refractivity contribution in [1.29, 1.82) is 0 Å². The summed E-state index contributed by atoms with van der Waals surface area (Å²) in [5.74, 6) is -0.769. The van der Waals surface area contributed by atoms with E-state index < -0.39 is 29.7 Å². The zero-order valence-electron chi connectivity index (χ0n) is 13.3. The number of halogens is 3. The molecule has 0 radical (unpaired) electrons. The van der Waals surface area contributed by atoms with Gasteiger partial charge in [-0.1, -0.05) is 12.1 Å². The standard InChI is InChI=1S/C17H17F3N2O3/c18-17(19,20)11-4-1-3-10(7-11)13-15(24)22-9-16(5-2-6-16)25-8-12(22)14(23)21-13/h1,3-4,7,12-13H,2,5-6,8-9H2,(H,21,23). The summed E-state index contributed by atoms with van der Waals surface area (Å²) in [4.78, 5) is 26.7. The fraction of sp³-hybridized carbons (Fsp3) is 0.529. The van der Waals surface area contributed by atoms with Crippen LogP contribution in [0.15, 0.2) is 24.3 Å². The highest BCUT2D eigenvalue weighted by Crippen LogP contribution is 2.41. The smallest absolute Gasteiger partial charge is 0.370 e. The maximum absolute atomic E-state index is 12.9. The number of piperazine rings is 1. The van der Waals surface area contributed by atoms with Crippen LogP contribution in [0.2, 0.25) is 0 Å². The molecule has 1 aliphatic carbocycles. The molecule has 0 aromatic heterocycles. The van der Waals surface area contributed by atoms with E-state index in [1.165, 1.54) is 17.0 Å². The number of carbonyl (C=O) groups is 2. The van der Waals surface area contributed by atoms with Gasteiger partial charge in [0, 0.05) is 0 Å². The van der Waals surface area contributed by atoms with Crippen LogP contribution in [0.3, 0.4) is 0 Å². The summed E-state index contributed by atoms with van der Waals surface area (Å²) in [6, 6.07) is 2.73. The molecule has 134 valence electrons. The van der Waals surface area contributed by atoms with Crippen molar-refractivity contribution in [3.63, 3.8) is 0 Å². The molecule has 8 heteroatoms. The summed E-state index contributed by atoms with van der Waals surface area (Å²) in [6.07, 6.45) is -1.83. The number of nitrogens with zero attached hydrogens (tertiary/aromatic N) is 1. The molecule has 1 aromatic rings. The van der Waals surface area contributed by atoms with E-state index in [-0.39, 0.29) is 23.7 Å². The first kappa shape index (κ1) is 16.4. The van der Waals surface area contributed by atoms with Gasteiger partial charge in [-0.15, -0.1) is 0 Å². The van der Waals surface area contributed by atoms with Gasteiger partial charge in [0.05, 0.1) is 24.3 Å². The van der Waals surface area contributed by atoms with Gasteiger partial charge in [0.15, 0.2) is 0 Å². The number of amides is 2. The van der Waals surface area contributed by atoms with E-state index in [1.54, 1.807) is 0 Å². The maximum atomic E-state index is 12.9.